The van der Waals surface area contributed by atoms with Crippen LogP contribution in [-0.2, 0) is 9.59 Å². The van der Waals surface area contributed by atoms with Crippen LogP contribution in [0, 0.1) is 11.8 Å². The molecule has 0 saturated heterocycles. The Morgan fingerprint density at radius 2 is 1.67 bits per heavy atom. The summed E-state index contributed by atoms with van der Waals surface area (Å²) in [6, 6.07) is -2.50. The average Bonchev–Trinajstić information content (AvgIpc) is 2.96. The van der Waals surface area contributed by atoms with E-state index in [4.69, 9.17) is 0 Å². The minimum absolute atomic E-state index is 0.141. The molecular formula is C18H33N5O4. The molecule has 4 N–H and O–H groups in total. The van der Waals surface area contributed by atoms with Gasteiger partial charge < -0.3 is 21.3 Å². The molecular weight excluding hydrogens is 350 g/mol. The lowest BCUT2D eigenvalue weighted by Crippen LogP contribution is -2.51. The first kappa shape index (κ1) is 22.9. The number of Topliss-reactive ketones (excluding diaryl/α,β-unsaturated/α-hetero) is 1. The second kappa shape index (κ2) is 10.9. The van der Waals surface area contributed by atoms with E-state index in [9.17, 15) is 19.2 Å². The molecule has 0 aromatic rings. The summed E-state index contributed by atoms with van der Waals surface area (Å²) in [6.07, 6.45) is 2.18. The van der Waals surface area contributed by atoms with Gasteiger partial charge in [-0.3, -0.25) is 9.59 Å². The van der Waals surface area contributed by atoms with Crippen LogP contribution in [0.15, 0.2) is 0 Å². The molecule has 0 bridgehead atoms. The number of nitrogens with one attached hydrogen (secondary N) is 4. The number of hydrogen-bond acceptors (Lipinski definition) is 5. The SMILES string of the molecule is CNCCC(CC(=O)N[C@H]1CCC(NC(=O)N(C)C(=O)NC)C1=O)C(C)C. The van der Waals surface area contributed by atoms with Crippen LogP contribution in [0.5, 0.6) is 0 Å². The van der Waals surface area contributed by atoms with Gasteiger partial charge in [-0.25, -0.2) is 14.5 Å². The smallest absolute Gasteiger partial charge is 0.325 e. The monoisotopic (exact) mass is 383 g/mol. The quantitative estimate of drug-likeness (QED) is 0.485. The van der Waals surface area contributed by atoms with E-state index in [1.165, 1.54) is 14.1 Å². The number of rotatable bonds is 8. The van der Waals surface area contributed by atoms with Gasteiger partial charge >= 0.3 is 12.1 Å². The van der Waals surface area contributed by atoms with Gasteiger partial charge in [-0.2, -0.15) is 0 Å². The van der Waals surface area contributed by atoms with Crippen LogP contribution in [0.2, 0.25) is 0 Å². The zero-order valence-electron chi connectivity index (χ0n) is 16.9. The number of hydrogen-bond donors (Lipinski definition) is 4. The van der Waals surface area contributed by atoms with Crippen molar-refractivity contribution in [3.8, 4) is 0 Å². The van der Waals surface area contributed by atoms with Crippen molar-refractivity contribution in [3.05, 3.63) is 0 Å². The van der Waals surface area contributed by atoms with Crippen LogP contribution >= 0.6 is 0 Å². The molecule has 1 rings (SSSR count). The maximum atomic E-state index is 12.5. The van der Waals surface area contributed by atoms with Crippen molar-refractivity contribution in [2.75, 3.05) is 27.7 Å². The van der Waals surface area contributed by atoms with Gasteiger partial charge in [0.15, 0.2) is 5.78 Å². The minimum Gasteiger partial charge on any atom is -0.346 e. The van der Waals surface area contributed by atoms with Gasteiger partial charge in [-0.1, -0.05) is 13.8 Å². The zero-order chi connectivity index (χ0) is 20.6. The van der Waals surface area contributed by atoms with Crippen LogP contribution in [0.4, 0.5) is 9.59 Å². The average molecular weight is 383 g/mol. The van der Waals surface area contributed by atoms with Crippen LogP contribution in [0.1, 0.15) is 39.5 Å². The fraction of sp³-hybridized carbons (Fsp3) is 0.778. The van der Waals surface area contributed by atoms with Crippen molar-refractivity contribution in [1.82, 2.24) is 26.2 Å². The van der Waals surface area contributed by atoms with Crippen molar-refractivity contribution in [3.63, 3.8) is 0 Å². The normalized spacial score (nSPS) is 20.3. The number of nitrogens with zero attached hydrogens (tertiary/aromatic N) is 1. The number of urea groups is 2. The Morgan fingerprint density at radius 3 is 2.19 bits per heavy atom. The second-order valence-corrected chi connectivity index (χ2v) is 7.32. The fourth-order valence-corrected chi connectivity index (χ4v) is 3.15. The number of carbonyl (C=O) groups excluding carboxylic acids is 4. The zero-order valence-corrected chi connectivity index (χ0v) is 16.9. The molecule has 0 spiro atoms. The first-order valence-corrected chi connectivity index (χ1v) is 9.44. The first-order chi connectivity index (χ1) is 12.7. The van der Waals surface area contributed by atoms with E-state index in [0.29, 0.717) is 25.2 Å². The van der Waals surface area contributed by atoms with Gasteiger partial charge in [0, 0.05) is 20.5 Å². The summed E-state index contributed by atoms with van der Waals surface area (Å²) in [5.74, 6) is 0.247. The molecule has 0 heterocycles. The van der Waals surface area contributed by atoms with E-state index < -0.39 is 24.1 Å². The molecule has 0 aliphatic heterocycles. The highest BCUT2D eigenvalue weighted by Crippen LogP contribution is 2.20. The third kappa shape index (κ3) is 6.82. The first-order valence-electron chi connectivity index (χ1n) is 9.44. The predicted octanol–water partition coefficient (Wildman–Crippen LogP) is 0.455. The molecule has 1 saturated carbocycles. The Labute approximate surface area is 161 Å². The molecule has 5 amide bonds. The molecule has 9 heteroatoms. The maximum absolute atomic E-state index is 12.5. The van der Waals surface area contributed by atoms with Gasteiger partial charge in [0.2, 0.25) is 5.91 Å². The fourth-order valence-electron chi connectivity index (χ4n) is 3.15. The summed E-state index contributed by atoms with van der Waals surface area (Å²) in [6.45, 7) is 5.01. The van der Waals surface area contributed by atoms with Crippen molar-refractivity contribution in [1.29, 1.82) is 0 Å². The molecule has 0 radical (unpaired) electrons. The number of imide groups is 1. The Morgan fingerprint density at radius 1 is 1.07 bits per heavy atom. The van der Waals surface area contributed by atoms with Crippen LogP contribution in [0.25, 0.3) is 0 Å². The summed E-state index contributed by atoms with van der Waals surface area (Å²) in [5.41, 5.74) is 0. The number of ketones is 1. The predicted molar refractivity (Wildman–Crippen MR) is 102 cm³/mol. The lowest BCUT2D eigenvalue weighted by atomic mass is 9.89. The lowest BCUT2D eigenvalue weighted by molar-refractivity contribution is -0.128. The highest BCUT2D eigenvalue weighted by molar-refractivity contribution is 5.99. The van der Waals surface area contributed by atoms with E-state index in [0.717, 1.165) is 17.9 Å². The van der Waals surface area contributed by atoms with Gasteiger partial charge in [0.05, 0.1) is 12.1 Å². The largest absolute Gasteiger partial charge is 0.346 e. The highest BCUT2D eigenvalue weighted by atomic mass is 16.2. The van der Waals surface area contributed by atoms with E-state index >= 15 is 0 Å². The van der Waals surface area contributed by atoms with Crippen LogP contribution < -0.4 is 21.3 Å². The Kier molecular flexibility index (Phi) is 9.20. The Bertz CT molecular complexity index is 552. The molecule has 3 atom stereocenters. The summed E-state index contributed by atoms with van der Waals surface area (Å²) in [5, 5.41) is 10.8. The lowest BCUT2D eigenvalue weighted by Gasteiger charge is -2.22. The molecule has 1 aliphatic carbocycles. The summed E-state index contributed by atoms with van der Waals surface area (Å²) in [7, 11) is 4.62. The third-order valence-corrected chi connectivity index (χ3v) is 5.04. The van der Waals surface area contributed by atoms with E-state index in [-0.39, 0.29) is 17.6 Å². The number of carbonyl (C=O) groups is 4. The summed E-state index contributed by atoms with van der Waals surface area (Å²) >= 11 is 0. The van der Waals surface area contributed by atoms with Gasteiger partial charge in [0.25, 0.3) is 0 Å². The minimum atomic E-state index is -0.694. The molecule has 2 unspecified atom stereocenters. The second-order valence-electron chi connectivity index (χ2n) is 7.32. The highest BCUT2D eigenvalue weighted by Gasteiger charge is 2.37. The Balaban J connectivity index is 2.54. The van der Waals surface area contributed by atoms with Crippen molar-refractivity contribution in [2.45, 2.75) is 51.6 Å². The van der Waals surface area contributed by atoms with Gasteiger partial charge in [0.1, 0.15) is 0 Å². The third-order valence-electron chi connectivity index (χ3n) is 5.04. The van der Waals surface area contributed by atoms with E-state index in [1.807, 2.05) is 7.05 Å². The topological polar surface area (TPSA) is 120 Å². The van der Waals surface area contributed by atoms with E-state index in [2.05, 4.69) is 35.1 Å². The Hall–Kier alpha value is -2.16. The van der Waals surface area contributed by atoms with Gasteiger partial charge in [-0.05, 0) is 44.7 Å². The maximum Gasteiger partial charge on any atom is 0.325 e. The number of amides is 5. The molecule has 1 fully saturated rings. The molecule has 27 heavy (non-hydrogen) atoms. The van der Waals surface area contributed by atoms with Crippen molar-refractivity contribution in [2.24, 2.45) is 11.8 Å². The summed E-state index contributed by atoms with van der Waals surface area (Å²) in [4.78, 5) is 49.2. The van der Waals surface area contributed by atoms with Gasteiger partial charge in [-0.15, -0.1) is 0 Å². The standard InChI is InChI=1S/C18H33N5O4/c1-11(2)12(8-9-19-3)10-15(24)21-13-6-7-14(16(13)25)22-18(27)23(5)17(26)20-4/h11-14,19H,6-10H2,1-5H3,(H,20,26)(H,21,24)(H,22,27)/t12?,13-,14?/m0/s1. The van der Waals surface area contributed by atoms with Crippen molar-refractivity contribution < 1.29 is 19.2 Å². The molecule has 9 nitrogen and oxygen atoms in total. The summed E-state index contributed by atoms with van der Waals surface area (Å²) < 4.78 is 0. The molecule has 1 aliphatic rings. The van der Waals surface area contributed by atoms with Crippen molar-refractivity contribution >= 4 is 23.8 Å². The molecule has 154 valence electrons. The molecule has 0 aromatic heterocycles. The van der Waals surface area contributed by atoms with E-state index in [1.54, 1.807) is 0 Å². The van der Waals surface area contributed by atoms with Crippen LogP contribution in [0.3, 0.4) is 0 Å². The molecule has 0 aromatic carbocycles. The van der Waals surface area contributed by atoms with Crippen LogP contribution in [-0.4, -0.2) is 68.4 Å².